The van der Waals surface area contributed by atoms with E-state index in [0.717, 1.165) is 19.2 Å². The van der Waals surface area contributed by atoms with Gasteiger partial charge in [0.2, 0.25) is 5.82 Å². The predicted octanol–water partition coefficient (Wildman–Crippen LogP) is 4.94. The highest BCUT2D eigenvalue weighted by Gasteiger charge is 2.18. The Balaban J connectivity index is 2.05. The Morgan fingerprint density at radius 3 is 2.24 bits per heavy atom. The smallest absolute Gasteiger partial charge is 0.204 e. The van der Waals surface area contributed by atoms with Crippen LogP contribution >= 0.6 is 0 Å². The van der Waals surface area contributed by atoms with Crippen LogP contribution in [-0.2, 0) is 0 Å². The van der Waals surface area contributed by atoms with Crippen molar-refractivity contribution in [1.82, 2.24) is 0 Å². The summed E-state index contributed by atoms with van der Waals surface area (Å²) in [6.07, 6.45) is 0. The second-order valence-corrected chi connectivity index (χ2v) is 5.11. The fraction of sp³-hybridized carbons (Fsp3) is 0.0526. The van der Waals surface area contributed by atoms with E-state index < -0.39 is 40.4 Å². The number of benzene rings is 3. The maximum atomic E-state index is 13.9. The third-order valence-corrected chi connectivity index (χ3v) is 3.57. The summed E-state index contributed by atoms with van der Waals surface area (Å²) in [5.74, 6) is -1.81. The van der Waals surface area contributed by atoms with E-state index in [1.54, 1.807) is 0 Å². The molecule has 0 saturated carbocycles. The van der Waals surface area contributed by atoms with Crippen molar-refractivity contribution in [3.05, 3.63) is 76.6 Å². The van der Waals surface area contributed by atoms with Gasteiger partial charge >= 0.3 is 0 Å². The predicted molar refractivity (Wildman–Crippen MR) is 82.7 cm³/mol. The van der Waals surface area contributed by atoms with Gasteiger partial charge in [-0.05, 0) is 29.7 Å². The first kappa shape index (κ1) is 16.8. The minimum Gasteiger partial charge on any atom is -0.491 e. The van der Waals surface area contributed by atoms with Crippen LogP contribution in [-0.4, -0.2) is 7.11 Å². The Kier molecular flexibility index (Phi) is 4.32. The average molecular weight is 348 g/mol. The summed E-state index contributed by atoms with van der Waals surface area (Å²) in [4.78, 5) is 0. The van der Waals surface area contributed by atoms with Crippen LogP contribution in [0.1, 0.15) is 11.1 Å². The van der Waals surface area contributed by atoms with Gasteiger partial charge in [-0.25, -0.2) is 17.6 Å². The van der Waals surface area contributed by atoms with Crippen molar-refractivity contribution < 1.29 is 26.7 Å². The fourth-order valence-corrected chi connectivity index (χ4v) is 2.34. The number of hydrogen-bond acceptors (Lipinski definition) is 1. The van der Waals surface area contributed by atoms with Crippen LogP contribution in [0.5, 0.6) is 5.75 Å². The molecule has 0 bridgehead atoms. The van der Waals surface area contributed by atoms with Crippen LogP contribution in [0, 0.1) is 40.9 Å². The molecule has 1 nitrogen and oxygen atoms in total. The lowest BCUT2D eigenvalue weighted by Crippen LogP contribution is -1.99. The van der Waals surface area contributed by atoms with Gasteiger partial charge in [0, 0.05) is 10.9 Å². The number of fused-ring (bicyclic) bond motifs is 1. The van der Waals surface area contributed by atoms with Gasteiger partial charge in [-0.2, -0.15) is 4.39 Å². The molecule has 0 aromatic heterocycles. The van der Waals surface area contributed by atoms with Gasteiger partial charge in [0.15, 0.2) is 29.0 Å². The molecule has 0 unspecified atom stereocenters. The molecule has 0 aliphatic carbocycles. The summed E-state index contributed by atoms with van der Waals surface area (Å²) < 4.78 is 72.4. The monoisotopic (exact) mass is 348 g/mol. The Labute approximate surface area is 139 Å². The molecule has 0 radical (unpaired) electrons. The quantitative estimate of drug-likeness (QED) is 0.344. The molecule has 0 amide bonds. The van der Waals surface area contributed by atoms with Crippen molar-refractivity contribution in [2.45, 2.75) is 0 Å². The molecule has 126 valence electrons. The minimum absolute atomic E-state index is 0.0678. The molecule has 3 aromatic rings. The highest BCUT2D eigenvalue weighted by Crippen LogP contribution is 2.26. The van der Waals surface area contributed by atoms with Gasteiger partial charge < -0.3 is 4.74 Å². The highest BCUT2D eigenvalue weighted by molar-refractivity contribution is 5.84. The third kappa shape index (κ3) is 3.01. The van der Waals surface area contributed by atoms with Crippen molar-refractivity contribution >= 4 is 10.8 Å². The van der Waals surface area contributed by atoms with Crippen LogP contribution in [0.4, 0.5) is 22.0 Å². The zero-order valence-corrected chi connectivity index (χ0v) is 12.8. The molecule has 0 saturated heterocycles. The normalized spacial score (nSPS) is 10.5. The Hall–Kier alpha value is -3.07. The Morgan fingerprint density at radius 1 is 0.760 bits per heavy atom. The zero-order chi connectivity index (χ0) is 18.1. The van der Waals surface area contributed by atoms with Crippen molar-refractivity contribution in [2.24, 2.45) is 0 Å². The molecular formula is C19H9F5O. The van der Waals surface area contributed by atoms with E-state index in [1.807, 2.05) is 0 Å². The van der Waals surface area contributed by atoms with Crippen LogP contribution in [0.2, 0.25) is 0 Å². The lowest BCUT2D eigenvalue weighted by atomic mass is 10.1. The molecule has 0 spiro atoms. The van der Waals surface area contributed by atoms with Crippen molar-refractivity contribution in [3.8, 4) is 17.6 Å². The summed E-state index contributed by atoms with van der Waals surface area (Å²) in [6, 6.07) is 7.24. The first-order valence-electron chi connectivity index (χ1n) is 7.03. The van der Waals surface area contributed by atoms with Crippen LogP contribution in [0.25, 0.3) is 10.8 Å². The standard InChI is InChI=1S/C19H9F5O/c1-25-19-15(21)9-12(16(22)18(19)24)4-2-10-3-6-13-11(8-10)5-7-14(20)17(13)23/h3,5-9H,1H3. The first-order valence-corrected chi connectivity index (χ1v) is 7.03. The summed E-state index contributed by atoms with van der Waals surface area (Å²) in [6.45, 7) is 0. The minimum atomic E-state index is -1.47. The van der Waals surface area contributed by atoms with Crippen LogP contribution in [0.15, 0.2) is 36.4 Å². The van der Waals surface area contributed by atoms with E-state index in [-0.39, 0.29) is 5.39 Å². The van der Waals surface area contributed by atoms with E-state index in [9.17, 15) is 22.0 Å². The van der Waals surface area contributed by atoms with E-state index in [1.165, 1.54) is 24.3 Å². The molecule has 3 aromatic carbocycles. The summed E-state index contributed by atoms with van der Waals surface area (Å²) in [5.41, 5.74) is -0.143. The molecule has 0 aliphatic rings. The maximum Gasteiger partial charge on any atom is 0.204 e. The summed E-state index contributed by atoms with van der Waals surface area (Å²) in [5, 5.41) is 0.455. The third-order valence-electron chi connectivity index (χ3n) is 3.57. The second kappa shape index (κ2) is 6.44. The molecule has 0 heterocycles. The lowest BCUT2D eigenvalue weighted by Gasteiger charge is -2.05. The van der Waals surface area contributed by atoms with E-state index >= 15 is 0 Å². The van der Waals surface area contributed by atoms with Crippen molar-refractivity contribution in [3.63, 3.8) is 0 Å². The highest BCUT2D eigenvalue weighted by atomic mass is 19.2. The van der Waals surface area contributed by atoms with Gasteiger partial charge in [0.05, 0.1) is 12.7 Å². The van der Waals surface area contributed by atoms with Crippen molar-refractivity contribution in [1.29, 1.82) is 0 Å². The maximum absolute atomic E-state index is 13.9. The number of ether oxygens (including phenoxy) is 1. The molecule has 6 heteroatoms. The first-order chi connectivity index (χ1) is 11.9. The van der Waals surface area contributed by atoms with Gasteiger partial charge in [-0.15, -0.1) is 0 Å². The average Bonchev–Trinajstić information content (AvgIpc) is 2.60. The summed E-state index contributed by atoms with van der Waals surface area (Å²) >= 11 is 0. The second-order valence-electron chi connectivity index (χ2n) is 5.11. The molecule has 3 rings (SSSR count). The number of hydrogen-bond donors (Lipinski definition) is 0. The Morgan fingerprint density at radius 2 is 1.52 bits per heavy atom. The van der Waals surface area contributed by atoms with Crippen molar-refractivity contribution in [2.75, 3.05) is 7.11 Å². The molecule has 0 fully saturated rings. The van der Waals surface area contributed by atoms with Gasteiger partial charge in [-0.3, -0.25) is 0 Å². The van der Waals surface area contributed by atoms with Gasteiger partial charge in [0.25, 0.3) is 0 Å². The number of rotatable bonds is 1. The van der Waals surface area contributed by atoms with Gasteiger partial charge in [0.1, 0.15) is 0 Å². The molecule has 25 heavy (non-hydrogen) atoms. The zero-order valence-electron chi connectivity index (χ0n) is 12.8. The van der Waals surface area contributed by atoms with Crippen LogP contribution in [0.3, 0.4) is 0 Å². The van der Waals surface area contributed by atoms with Crippen LogP contribution < -0.4 is 4.74 Å². The van der Waals surface area contributed by atoms with E-state index in [0.29, 0.717) is 10.9 Å². The Bertz CT molecular complexity index is 1050. The molecular weight excluding hydrogens is 339 g/mol. The summed E-state index contributed by atoms with van der Waals surface area (Å²) in [7, 11) is 1.02. The fourth-order valence-electron chi connectivity index (χ4n) is 2.34. The number of halogens is 5. The largest absolute Gasteiger partial charge is 0.491 e. The number of methoxy groups -OCH3 is 1. The molecule has 0 atom stereocenters. The SMILES string of the molecule is COc1c(F)cc(C#Cc2ccc3c(F)c(F)ccc3c2)c(F)c1F. The van der Waals surface area contributed by atoms with Gasteiger partial charge in [-0.1, -0.05) is 24.0 Å². The molecule has 0 aliphatic heterocycles. The molecule has 0 N–H and O–H groups in total. The van der Waals surface area contributed by atoms with E-state index in [4.69, 9.17) is 0 Å². The van der Waals surface area contributed by atoms with E-state index in [2.05, 4.69) is 16.6 Å². The lowest BCUT2D eigenvalue weighted by molar-refractivity contribution is 0.346. The topological polar surface area (TPSA) is 9.23 Å².